The lowest BCUT2D eigenvalue weighted by atomic mass is 9.97. The molecule has 0 aliphatic heterocycles. The number of nitrogens with zero attached hydrogens (tertiary/aromatic N) is 4. The number of nitrogens with one attached hydrogen (secondary N) is 1. The molecule has 11 nitrogen and oxygen atoms in total. The molecule has 4 N–H and O–H groups in total. The third kappa shape index (κ3) is 9.37. The van der Waals surface area contributed by atoms with Gasteiger partial charge < -0.3 is 24.8 Å². The number of methoxy groups -OCH3 is 1. The van der Waals surface area contributed by atoms with Crippen molar-refractivity contribution in [1.29, 1.82) is 0 Å². The number of alkyl halides is 2. The number of anilines is 1. The van der Waals surface area contributed by atoms with Crippen molar-refractivity contribution >= 4 is 44.2 Å². The second-order valence-electron chi connectivity index (χ2n) is 10.2. The zero-order valence-electron chi connectivity index (χ0n) is 25.0. The molecule has 0 saturated heterocycles. The van der Waals surface area contributed by atoms with E-state index in [4.69, 9.17) is 19.7 Å². The first-order valence-corrected chi connectivity index (χ1v) is 15.0. The minimum Gasteiger partial charge on any atom is -0.505 e. The van der Waals surface area contributed by atoms with Crippen LogP contribution in [-0.4, -0.2) is 67.6 Å². The van der Waals surface area contributed by atoms with Gasteiger partial charge in [-0.25, -0.2) is 32.9 Å². The highest BCUT2D eigenvalue weighted by Gasteiger charge is 2.30. The van der Waals surface area contributed by atoms with Crippen LogP contribution in [0.1, 0.15) is 37.7 Å². The second kappa shape index (κ2) is 15.5. The lowest BCUT2D eigenvalue weighted by molar-refractivity contribution is -0.0337. The number of ether oxygens (including phenoxy) is 2. The Hall–Kier alpha value is -4.76. The van der Waals surface area contributed by atoms with Gasteiger partial charge in [0, 0.05) is 35.9 Å². The Morgan fingerprint density at radius 3 is 2.37 bits per heavy atom. The molecule has 15 heteroatoms. The zero-order valence-corrected chi connectivity index (χ0v) is 25.8. The molecule has 0 atom stereocenters. The molecule has 1 amide bonds. The first kappa shape index (κ1) is 34.1. The van der Waals surface area contributed by atoms with Gasteiger partial charge in [-0.2, -0.15) is 0 Å². The number of thiazole rings is 1. The number of carboxylic acid groups (broad SMARTS) is 1. The van der Waals surface area contributed by atoms with Crippen molar-refractivity contribution in [1.82, 2.24) is 19.9 Å². The van der Waals surface area contributed by atoms with Crippen molar-refractivity contribution in [2.24, 2.45) is 0 Å². The molecule has 0 spiro atoms. The highest BCUT2D eigenvalue weighted by Crippen LogP contribution is 2.37. The van der Waals surface area contributed by atoms with Gasteiger partial charge in [0.1, 0.15) is 17.4 Å². The van der Waals surface area contributed by atoms with Gasteiger partial charge in [-0.1, -0.05) is 6.42 Å². The molecule has 244 valence electrons. The molecule has 6 rings (SSSR count). The lowest BCUT2D eigenvalue weighted by Crippen LogP contribution is -2.18. The van der Waals surface area contributed by atoms with E-state index >= 15 is 0 Å². The number of fused-ring (bicyclic) bond motifs is 2. The zero-order chi connectivity index (χ0) is 33.3. The molecule has 2 aromatic carbocycles. The molecular formula is C31H32F3N5O6S. The van der Waals surface area contributed by atoms with Gasteiger partial charge in [0.15, 0.2) is 11.6 Å². The van der Waals surface area contributed by atoms with Crippen molar-refractivity contribution in [3.05, 3.63) is 60.3 Å². The number of rotatable bonds is 6. The maximum atomic E-state index is 13.5. The Labute approximate surface area is 265 Å². The first-order valence-electron chi connectivity index (χ1n) is 14.2. The average Bonchev–Trinajstić information content (AvgIpc) is 3.42. The summed E-state index contributed by atoms with van der Waals surface area (Å²) in [6.45, 7) is 1.98. The summed E-state index contributed by atoms with van der Waals surface area (Å²) in [7, 11) is 1.61. The summed E-state index contributed by atoms with van der Waals surface area (Å²) >= 11 is 1.40. The van der Waals surface area contributed by atoms with Crippen LogP contribution in [0.2, 0.25) is 0 Å². The van der Waals surface area contributed by atoms with Crippen molar-refractivity contribution < 1.29 is 42.8 Å². The van der Waals surface area contributed by atoms with Crippen LogP contribution in [0.25, 0.3) is 31.7 Å². The standard InChI is InChI=1S/C18H13FN2O2S.C7H9N3O4.C6H10F2/c1-9-3-10-5-11(23-2)8-20-17(10)12(4-9)18-21-14-6-13(19)15(22)7-16(14)24-18;11-1-2-14-6-8-3-5(4-9-6)10-7(12)13;7-6(8)4-2-1-3-5-6/h3-8,22H,1-2H3;3-4,10-11H,1-2H2,(H,12,13);1-5H2. The predicted octanol–water partition coefficient (Wildman–Crippen LogP) is 7.20. The molecule has 1 saturated carbocycles. The van der Waals surface area contributed by atoms with Gasteiger partial charge in [0.05, 0.1) is 53.7 Å². The topological polar surface area (TPSA) is 160 Å². The number of aromatic hydroxyl groups is 1. The van der Waals surface area contributed by atoms with E-state index in [1.54, 1.807) is 13.3 Å². The summed E-state index contributed by atoms with van der Waals surface area (Å²) in [6.07, 6.45) is 5.69. The van der Waals surface area contributed by atoms with Gasteiger partial charge >= 0.3 is 12.1 Å². The number of benzene rings is 2. The molecule has 1 aliphatic carbocycles. The van der Waals surface area contributed by atoms with E-state index in [0.717, 1.165) is 38.2 Å². The fourth-order valence-electron chi connectivity index (χ4n) is 4.49. The summed E-state index contributed by atoms with van der Waals surface area (Å²) in [5, 5.41) is 30.1. The van der Waals surface area contributed by atoms with Gasteiger partial charge in [-0.05, 0) is 43.5 Å². The van der Waals surface area contributed by atoms with Crippen LogP contribution in [0, 0.1) is 12.7 Å². The van der Waals surface area contributed by atoms with Gasteiger partial charge in [-0.3, -0.25) is 10.3 Å². The maximum absolute atomic E-state index is 13.5. The highest BCUT2D eigenvalue weighted by molar-refractivity contribution is 7.21. The Kier molecular flexibility index (Phi) is 11.5. The molecular weight excluding hydrogens is 627 g/mol. The predicted molar refractivity (Wildman–Crippen MR) is 168 cm³/mol. The minimum atomic E-state index is -2.32. The molecule has 1 aliphatic rings. The fraction of sp³-hybridized carbons (Fsp3) is 0.323. The quantitative estimate of drug-likeness (QED) is 0.147. The van der Waals surface area contributed by atoms with Crippen LogP contribution < -0.4 is 14.8 Å². The molecule has 1 fully saturated rings. The van der Waals surface area contributed by atoms with E-state index < -0.39 is 17.8 Å². The molecule has 0 unspecified atom stereocenters. The molecule has 3 heterocycles. The lowest BCUT2D eigenvalue weighted by Gasteiger charge is -2.20. The Morgan fingerprint density at radius 1 is 1.04 bits per heavy atom. The van der Waals surface area contributed by atoms with Crippen molar-refractivity contribution in [2.45, 2.75) is 45.0 Å². The molecule has 3 aromatic heterocycles. The number of aryl methyl sites for hydroxylation is 1. The monoisotopic (exact) mass is 659 g/mol. The van der Waals surface area contributed by atoms with Gasteiger partial charge in [0.25, 0.3) is 0 Å². The maximum Gasteiger partial charge on any atom is 0.409 e. The van der Waals surface area contributed by atoms with E-state index in [1.807, 2.05) is 25.1 Å². The summed E-state index contributed by atoms with van der Waals surface area (Å²) in [5.74, 6) is -2.67. The SMILES string of the molecule is COc1cnc2c(-c3nc4cc(F)c(O)cc4s3)cc(C)cc2c1.FC1(F)CCCCC1.O=C(O)Nc1cnc(OCCO)nc1. The van der Waals surface area contributed by atoms with Crippen molar-refractivity contribution in [2.75, 3.05) is 25.6 Å². The van der Waals surface area contributed by atoms with Gasteiger partial charge in [-0.15, -0.1) is 11.3 Å². The van der Waals surface area contributed by atoms with Crippen LogP contribution in [0.15, 0.2) is 48.9 Å². The molecule has 0 bridgehead atoms. The van der Waals surface area contributed by atoms with Gasteiger partial charge in [0.2, 0.25) is 5.92 Å². The third-order valence-corrected chi connectivity index (χ3v) is 7.66. The largest absolute Gasteiger partial charge is 0.505 e. The fourth-order valence-corrected chi connectivity index (χ4v) is 5.49. The summed E-state index contributed by atoms with van der Waals surface area (Å²) in [4.78, 5) is 26.6. The number of pyridine rings is 1. The number of phenols is 1. The van der Waals surface area contributed by atoms with Crippen molar-refractivity contribution in [3.8, 4) is 28.1 Å². The van der Waals surface area contributed by atoms with E-state index in [9.17, 15) is 23.1 Å². The van der Waals surface area contributed by atoms with E-state index in [1.165, 1.54) is 35.9 Å². The molecule has 5 aromatic rings. The van der Waals surface area contributed by atoms with Crippen LogP contribution >= 0.6 is 11.3 Å². The summed E-state index contributed by atoms with van der Waals surface area (Å²) < 4.78 is 48.8. The van der Waals surface area contributed by atoms with Crippen molar-refractivity contribution in [3.63, 3.8) is 0 Å². The summed E-state index contributed by atoms with van der Waals surface area (Å²) in [6, 6.07) is 8.72. The highest BCUT2D eigenvalue weighted by atomic mass is 32.1. The number of hydrogen-bond donors (Lipinski definition) is 4. The minimum absolute atomic E-state index is 0.0926. The third-order valence-electron chi connectivity index (χ3n) is 6.61. The van der Waals surface area contributed by atoms with E-state index in [0.29, 0.717) is 24.1 Å². The molecule has 46 heavy (non-hydrogen) atoms. The number of amides is 1. The number of aliphatic hydroxyl groups is 1. The average molecular weight is 660 g/mol. The second-order valence-corrected chi connectivity index (χ2v) is 11.3. The van der Waals surface area contributed by atoms with Crippen LogP contribution in [-0.2, 0) is 0 Å². The normalized spacial score (nSPS) is 13.6. The number of aliphatic hydroxyl groups excluding tert-OH is 1. The number of aromatic nitrogens is 4. The van der Waals surface area contributed by atoms with Crippen LogP contribution in [0.4, 0.5) is 23.7 Å². The summed E-state index contributed by atoms with van der Waals surface area (Å²) in [5.41, 5.74) is 3.54. The number of phenolic OH excluding ortho intramolecular Hbond substituents is 1. The molecule has 0 radical (unpaired) electrons. The smallest absolute Gasteiger partial charge is 0.409 e. The first-order chi connectivity index (χ1) is 22.0. The van der Waals surface area contributed by atoms with E-state index in [2.05, 4.69) is 25.3 Å². The number of hydrogen-bond acceptors (Lipinski definition) is 10. The van der Waals surface area contributed by atoms with Crippen LogP contribution in [0.3, 0.4) is 0 Å². The Balaban J connectivity index is 0.000000184. The Bertz CT molecular complexity index is 1740. The van der Waals surface area contributed by atoms with E-state index in [-0.39, 0.29) is 43.5 Å². The Morgan fingerprint density at radius 2 is 1.76 bits per heavy atom. The number of halogens is 3. The number of carbonyl (C=O) groups is 1. The van der Waals surface area contributed by atoms with Crippen LogP contribution in [0.5, 0.6) is 17.5 Å².